The fourth-order valence-corrected chi connectivity index (χ4v) is 8.99. The molecule has 3 nitrogen and oxygen atoms in total. The molecule has 7 aromatic carbocycles. The highest BCUT2D eigenvalue weighted by molar-refractivity contribution is 6.12. The van der Waals surface area contributed by atoms with Crippen LogP contribution in [0, 0.1) is 0 Å². The topological polar surface area (TPSA) is 22.8 Å². The Morgan fingerprint density at radius 3 is 1.81 bits per heavy atom. The first-order chi connectivity index (χ1) is 26.0. The lowest BCUT2D eigenvalue weighted by molar-refractivity contribution is 0.660. The lowest BCUT2D eigenvalue weighted by Gasteiger charge is -2.22. The summed E-state index contributed by atoms with van der Waals surface area (Å²) < 4.78 is 4.78. The standard InChI is InChI=1S/C50H35N3/c1-50(2)43-15-8-6-13-38(43)39-25-24-37(31-44(39)50)53-47-27-21-35(30-42(47)49-48(53)17-10-28-51-49)34-20-26-46-41(29-34)40-14-7-9-16-45(40)52(46)36-22-18-33(19-23-36)32-11-4-3-5-12-32/h3-31H,1-2H3. The number of aromatic nitrogens is 3. The van der Waals surface area contributed by atoms with Crippen LogP contribution in [0.3, 0.4) is 0 Å². The Hall–Kier alpha value is -6.71. The Kier molecular flexibility index (Phi) is 6.30. The molecule has 0 unspecified atom stereocenters. The largest absolute Gasteiger partial charge is 0.309 e. The fourth-order valence-electron chi connectivity index (χ4n) is 8.99. The normalized spacial score (nSPS) is 13.2. The van der Waals surface area contributed by atoms with Crippen molar-refractivity contribution in [1.29, 1.82) is 0 Å². The lowest BCUT2D eigenvalue weighted by atomic mass is 9.82. The van der Waals surface area contributed by atoms with E-state index in [2.05, 4.69) is 187 Å². The van der Waals surface area contributed by atoms with Gasteiger partial charge in [-0.25, -0.2) is 0 Å². The first kappa shape index (κ1) is 30.0. The highest BCUT2D eigenvalue weighted by Gasteiger charge is 2.35. The first-order valence-corrected chi connectivity index (χ1v) is 18.4. The zero-order chi connectivity index (χ0) is 35.3. The average Bonchev–Trinajstić information content (AvgIpc) is 3.81. The van der Waals surface area contributed by atoms with Crippen LogP contribution in [0.2, 0.25) is 0 Å². The second-order valence-corrected chi connectivity index (χ2v) is 14.8. The van der Waals surface area contributed by atoms with Crippen molar-refractivity contribution in [1.82, 2.24) is 14.1 Å². The summed E-state index contributed by atoms with van der Waals surface area (Å²) in [6, 6.07) is 62.1. The van der Waals surface area contributed by atoms with Crippen molar-refractivity contribution in [3.8, 4) is 44.8 Å². The molecular formula is C50H35N3. The second kappa shape index (κ2) is 11.1. The Balaban J connectivity index is 1.04. The molecule has 0 amide bonds. The summed E-state index contributed by atoms with van der Waals surface area (Å²) in [4.78, 5) is 4.95. The molecule has 3 aromatic heterocycles. The van der Waals surface area contributed by atoms with Gasteiger partial charge in [0.25, 0.3) is 0 Å². The molecule has 3 heteroatoms. The molecule has 1 aliphatic rings. The Labute approximate surface area is 308 Å². The lowest BCUT2D eigenvalue weighted by Crippen LogP contribution is -2.15. The van der Waals surface area contributed by atoms with Crippen LogP contribution in [0.15, 0.2) is 176 Å². The molecule has 0 radical (unpaired) electrons. The zero-order valence-electron chi connectivity index (χ0n) is 29.6. The summed E-state index contributed by atoms with van der Waals surface area (Å²) >= 11 is 0. The van der Waals surface area contributed by atoms with Gasteiger partial charge in [0, 0.05) is 39.1 Å². The molecule has 250 valence electrons. The number of pyridine rings is 1. The van der Waals surface area contributed by atoms with Crippen LogP contribution in [0.4, 0.5) is 0 Å². The molecule has 0 saturated heterocycles. The van der Waals surface area contributed by atoms with Gasteiger partial charge in [0.2, 0.25) is 0 Å². The average molecular weight is 678 g/mol. The number of hydrogen-bond donors (Lipinski definition) is 0. The van der Waals surface area contributed by atoms with Crippen molar-refractivity contribution >= 4 is 43.7 Å². The van der Waals surface area contributed by atoms with Gasteiger partial charge in [0.1, 0.15) is 0 Å². The van der Waals surface area contributed by atoms with Crippen LogP contribution in [-0.2, 0) is 5.41 Å². The predicted octanol–water partition coefficient (Wildman–Crippen LogP) is 12.9. The predicted molar refractivity (Wildman–Crippen MR) is 221 cm³/mol. The Morgan fingerprint density at radius 2 is 0.981 bits per heavy atom. The van der Waals surface area contributed by atoms with Crippen LogP contribution >= 0.6 is 0 Å². The first-order valence-electron chi connectivity index (χ1n) is 18.4. The van der Waals surface area contributed by atoms with Crippen molar-refractivity contribution in [3.63, 3.8) is 0 Å². The molecule has 11 rings (SSSR count). The smallest absolute Gasteiger partial charge is 0.0963 e. The molecule has 0 spiro atoms. The number of benzene rings is 7. The minimum Gasteiger partial charge on any atom is -0.309 e. The van der Waals surface area contributed by atoms with Crippen molar-refractivity contribution in [2.75, 3.05) is 0 Å². The van der Waals surface area contributed by atoms with Gasteiger partial charge in [-0.15, -0.1) is 0 Å². The quantitative estimate of drug-likeness (QED) is 0.182. The van der Waals surface area contributed by atoms with Gasteiger partial charge in [-0.1, -0.05) is 117 Å². The highest BCUT2D eigenvalue weighted by Crippen LogP contribution is 2.49. The number of fused-ring (bicyclic) bond motifs is 9. The second-order valence-electron chi connectivity index (χ2n) is 14.8. The molecule has 0 N–H and O–H groups in total. The highest BCUT2D eigenvalue weighted by atomic mass is 15.0. The summed E-state index contributed by atoms with van der Waals surface area (Å²) in [5.41, 5.74) is 18.2. The number of para-hydroxylation sites is 1. The van der Waals surface area contributed by atoms with Gasteiger partial charge < -0.3 is 9.13 Å². The SMILES string of the molecule is CC1(C)c2ccccc2-c2ccc(-n3c4ccc(-c5ccc6c(c5)c5ccccc5n6-c5ccc(-c6ccccc6)cc5)cc4c4ncccc43)cc21. The maximum absolute atomic E-state index is 4.95. The summed E-state index contributed by atoms with van der Waals surface area (Å²) in [5, 5.41) is 3.65. The molecule has 0 atom stereocenters. The molecule has 3 heterocycles. The molecule has 53 heavy (non-hydrogen) atoms. The maximum Gasteiger partial charge on any atom is 0.0963 e. The van der Waals surface area contributed by atoms with E-state index in [1.165, 1.54) is 66.3 Å². The van der Waals surface area contributed by atoms with Crippen molar-refractivity contribution in [2.45, 2.75) is 19.3 Å². The van der Waals surface area contributed by atoms with E-state index in [0.717, 1.165) is 33.3 Å². The summed E-state index contributed by atoms with van der Waals surface area (Å²) in [6.45, 7) is 4.69. The van der Waals surface area contributed by atoms with E-state index in [-0.39, 0.29) is 5.41 Å². The van der Waals surface area contributed by atoms with Crippen LogP contribution in [0.1, 0.15) is 25.0 Å². The molecule has 0 aliphatic heterocycles. The van der Waals surface area contributed by atoms with Crippen molar-refractivity contribution in [3.05, 3.63) is 187 Å². The molecule has 0 fully saturated rings. The van der Waals surface area contributed by atoms with Crippen molar-refractivity contribution < 1.29 is 0 Å². The number of hydrogen-bond acceptors (Lipinski definition) is 1. The van der Waals surface area contributed by atoms with E-state index in [4.69, 9.17) is 4.98 Å². The van der Waals surface area contributed by atoms with Gasteiger partial charge >= 0.3 is 0 Å². The van der Waals surface area contributed by atoms with Gasteiger partial charge in [-0.3, -0.25) is 4.98 Å². The summed E-state index contributed by atoms with van der Waals surface area (Å²) in [5.74, 6) is 0. The number of rotatable bonds is 4. The van der Waals surface area contributed by atoms with E-state index >= 15 is 0 Å². The van der Waals surface area contributed by atoms with Crippen molar-refractivity contribution in [2.24, 2.45) is 0 Å². The molecule has 0 saturated carbocycles. The monoisotopic (exact) mass is 677 g/mol. The third kappa shape index (κ3) is 4.37. The minimum absolute atomic E-state index is 0.0699. The summed E-state index contributed by atoms with van der Waals surface area (Å²) in [6.07, 6.45) is 1.91. The Bertz CT molecular complexity index is 3070. The molecule has 10 aromatic rings. The van der Waals surface area contributed by atoms with Crippen LogP contribution < -0.4 is 0 Å². The molecular weight excluding hydrogens is 643 g/mol. The van der Waals surface area contributed by atoms with Gasteiger partial charge in [0.15, 0.2) is 0 Å². The maximum atomic E-state index is 4.95. The van der Waals surface area contributed by atoms with E-state index in [9.17, 15) is 0 Å². The van der Waals surface area contributed by atoms with Gasteiger partial charge in [-0.2, -0.15) is 0 Å². The van der Waals surface area contributed by atoms with Crippen LogP contribution in [0.5, 0.6) is 0 Å². The van der Waals surface area contributed by atoms with E-state index < -0.39 is 0 Å². The molecule has 0 bridgehead atoms. The number of nitrogens with zero attached hydrogens (tertiary/aromatic N) is 3. The Morgan fingerprint density at radius 1 is 0.396 bits per heavy atom. The van der Waals surface area contributed by atoms with Gasteiger partial charge in [0.05, 0.1) is 27.6 Å². The fraction of sp³-hybridized carbons (Fsp3) is 0.0600. The third-order valence-electron chi connectivity index (χ3n) is 11.6. The zero-order valence-corrected chi connectivity index (χ0v) is 29.6. The summed E-state index contributed by atoms with van der Waals surface area (Å²) in [7, 11) is 0. The van der Waals surface area contributed by atoms with Gasteiger partial charge in [-0.05, 0) is 111 Å². The minimum atomic E-state index is -0.0699. The molecule has 1 aliphatic carbocycles. The van der Waals surface area contributed by atoms with Crippen LogP contribution in [0.25, 0.3) is 88.5 Å². The van der Waals surface area contributed by atoms with Crippen LogP contribution in [-0.4, -0.2) is 14.1 Å². The van der Waals surface area contributed by atoms with E-state index in [1.54, 1.807) is 0 Å². The van der Waals surface area contributed by atoms with E-state index in [0.29, 0.717) is 0 Å². The third-order valence-corrected chi connectivity index (χ3v) is 11.6. The van der Waals surface area contributed by atoms with E-state index in [1.807, 2.05) is 12.3 Å².